The maximum absolute atomic E-state index is 12.2. The van der Waals surface area contributed by atoms with E-state index < -0.39 is 17.7 Å². The molecule has 0 unspecified atom stereocenters. The molecule has 0 radical (unpaired) electrons. The number of aromatic nitrogens is 2. The maximum atomic E-state index is 12.2. The molecule has 0 aliphatic rings. The van der Waals surface area contributed by atoms with Crippen LogP contribution >= 0.6 is 23.4 Å². The molecule has 2 aromatic rings. The molecule has 148 valence electrons. The topological polar surface area (TPSA) is 77.2 Å². The molecule has 2 atom stereocenters. The summed E-state index contributed by atoms with van der Waals surface area (Å²) < 4.78 is 11.1. The molecule has 8 heteroatoms. The lowest BCUT2D eigenvalue weighted by Crippen LogP contribution is -2.37. The number of alkyl carbamates (subject to hydrolysis) is 1. The quantitative estimate of drug-likeness (QED) is 0.595. The van der Waals surface area contributed by atoms with Crippen LogP contribution < -0.4 is 5.32 Å². The normalized spacial score (nSPS) is 13.9. The average molecular weight is 412 g/mol. The molecule has 0 aliphatic heterocycles. The third-order valence-corrected chi connectivity index (χ3v) is 5.12. The average Bonchev–Trinajstić information content (AvgIpc) is 3.05. The lowest BCUT2D eigenvalue weighted by molar-refractivity contribution is 0.0474. The van der Waals surface area contributed by atoms with Crippen molar-refractivity contribution in [3.8, 4) is 0 Å². The highest BCUT2D eigenvalue weighted by atomic mass is 35.5. The number of halogens is 1. The van der Waals surface area contributed by atoms with Crippen LogP contribution in [0.25, 0.3) is 0 Å². The molecule has 1 N–H and O–H groups in total. The van der Waals surface area contributed by atoms with Crippen molar-refractivity contribution in [2.24, 2.45) is 5.92 Å². The molecule has 0 aliphatic carbocycles. The second-order valence-corrected chi connectivity index (χ2v) is 8.63. The maximum Gasteiger partial charge on any atom is 0.408 e. The zero-order chi connectivity index (χ0) is 20.0. The van der Waals surface area contributed by atoms with Gasteiger partial charge in [-0.15, -0.1) is 10.2 Å². The molecule has 0 bridgehead atoms. The Kier molecular flexibility index (Phi) is 7.56. The minimum atomic E-state index is -0.575. The van der Waals surface area contributed by atoms with Crippen molar-refractivity contribution in [2.45, 2.75) is 63.7 Å². The van der Waals surface area contributed by atoms with Crippen LogP contribution in [0, 0.1) is 5.92 Å². The lowest BCUT2D eigenvalue weighted by Gasteiger charge is -2.24. The van der Waals surface area contributed by atoms with Crippen LogP contribution in [-0.2, 0) is 10.5 Å². The number of nitrogens with zero attached hydrogens (tertiary/aromatic N) is 2. The van der Waals surface area contributed by atoms with Crippen molar-refractivity contribution >= 4 is 29.5 Å². The summed E-state index contributed by atoms with van der Waals surface area (Å²) in [5, 5.41) is 12.2. The van der Waals surface area contributed by atoms with Gasteiger partial charge in [0.05, 0.1) is 0 Å². The number of carbonyl (C=O) groups excluding carboxylic acids is 1. The summed E-state index contributed by atoms with van der Waals surface area (Å²) in [5.74, 6) is 1.10. The largest absolute Gasteiger partial charge is 0.444 e. The first kappa shape index (κ1) is 21.6. The Morgan fingerprint density at radius 1 is 1.33 bits per heavy atom. The fourth-order valence-corrected chi connectivity index (χ4v) is 3.33. The van der Waals surface area contributed by atoms with E-state index in [1.54, 1.807) is 0 Å². The summed E-state index contributed by atoms with van der Waals surface area (Å²) in [6.45, 7) is 9.52. The number of hydrogen-bond donors (Lipinski definition) is 1. The number of nitrogens with one attached hydrogen (secondary N) is 1. The van der Waals surface area contributed by atoms with E-state index in [1.807, 2.05) is 58.9 Å². The molecule has 2 rings (SSSR count). The van der Waals surface area contributed by atoms with Gasteiger partial charge in [-0.2, -0.15) is 0 Å². The monoisotopic (exact) mass is 411 g/mol. The predicted octanol–water partition coefficient (Wildman–Crippen LogP) is 5.63. The number of ether oxygens (including phenoxy) is 1. The fourth-order valence-electron chi connectivity index (χ4n) is 2.28. The van der Waals surface area contributed by atoms with Crippen molar-refractivity contribution in [1.82, 2.24) is 15.5 Å². The van der Waals surface area contributed by atoms with E-state index in [-0.39, 0.29) is 5.92 Å². The van der Waals surface area contributed by atoms with Gasteiger partial charge in [0.1, 0.15) is 11.6 Å². The van der Waals surface area contributed by atoms with Gasteiger partial charge in [0.25, 0.3) is 5.22 Å². The molecule has 1 heterocycles. The van der Waals surface area contributed by atoms with Crippen molar-refractivity contribution in [1.29, 1.82) is 0 Å². The summed E-state index contributed by atoms with van der Waals surface area (Å²) in [7, 11) is 0. The summed E-state index contributed by atoms with van der Waals surface area (Å²) in [4.78, 5) is 12.2. The van der Waals surface area contributed by atoms with Gasteiger partial charge in [-0.25, -0.2) is 4.79 Å². The molecule has 0 saturated heterocycles. The van der Waals surface area contributed by atoms with E-state index >= 15 is 0 Å². The predicted molar refractivity (Wildman–Crippen MR) is 107 cm³/mol. The van der Waals surface area contributed by atoms with E-state index in [0.717, 1.165) is 12.0 Å². The first-order valence-corrected chi connectivity index (χ1v) is 10.2. The number of carbonyl (C=O) groups is 1. The number of thioether (sulfide) groups is 1. The van der Waals surface area contributed by atoms with Crippen LogP contribution in [0.15, 0.2) is 33.9 Å². The van der Waals surface area contributed by atoms with E-state index in [1.165, 1.54) is 11.8 Å². The highest BCUT2D eigenvalue weighted by molar-refractivity contribution is 7.98. The zero-order valence-corrected chi connectivity index (χ0v) is 17.9. The SMILES string of the molecule is CC[C@H](C)[C@H](NC(=O)OC(C)(C)C)c1nnc(SCc2ccccc2Cl)o1. The van der Waals surface area contributed by atoms with Gasteiger partial charge in [-0.05, 0) is 38.3 Å². The first-order chi connectivity index (χ1) is 12.7. The molecule has 1 aromatic carbocycles. The second-order valence-electron chi connectivity index (χ2n) is 7.30. The first-order valence-electron chi connectivity index (χ1n) is 8.88. The van der Waals surface area contributed by atoms with E-state index in [2.05, 4.69) is 15.5 Å². The van der Waals surface area contributed by atoms with Crippen LogP contribution in [0.1, 0.15) is 58.5 Å². The summed E-state index contributed by atoms with van der Waals surface area (Å²) >= 11 is 7.58. The zero-order valence-electron chi connectivity index (χ0n) is 16.3. The Morgan fingerprint density at radius 3 is 2.67 bits per heavy atom. The molecular weight excluding hydrogens is 386 g/mol. The molecule has 0 fully saturated rings. The third kappa shape index (κ3) is 6.74. The fraction of sp³-hybridized carbons (Fsp3) is 0.526. The molecule has 1 amide bonds. The van der Waals surface area contributed by atoms with Gasteiger partial charge in [-0.1, -0.05) is 61.8 Å². The summed E-state index contributed by atoms with van der Waals surface area (Å²) in [6, 6.07) is 7.22. The van der Waals surface area contributed by atoms with Crippen LogP contribution in [0.5, 0.6) is 0 Å². The van der Waals surface area contributed by atoms with Gasteiger partial charge in [0.2, 0.25) is 5.89 Å². The number of benzene rings is 1. The van der Waals surface area contributed by atoms with Gasteiger partial charge in [-0.3, -0.25) is 0 Å². The standard InChI is InChI=1S/C19H26ClN3O3S/c1-6-12(2)15(21-17(24)26-19(3,4)5)16-22-23-18(25-16)27-11-13-9-7-8-10-14(13)20/h7-10,12,15H,6,11H2,1-5H3,(H,21,24)/t12-,15-/m0/s1. The number of hydrogen-bond acceptors (Lipinski definition) is 6. The van der Waals surface area contributed by atoms with E-state index in [4.69, 9.17) is 20.8 Å². The lowest BCUT2D eigenvalue weighted by atomic mass is 9.99. The van der Waals surface area contributed by atoms with Crippen molar-refractivity contribution < 1.29 is 13.9 Å². The molecule has 0 spiro atoms. The van der Waals surface area contributed by atoms with Gasteiger partial charge < -0.3 is 14.5 Å². The van der Waals surface area contributed by atoms with E-state index in [9.17, 15) is 4.79 Å². The third-order valence-electron chi connectivity index (χ3n) is 3.88. The highest BCUT2D eigenvalue weighted by Crippen LogP contribution is 2.29. The Labute approximate surface area is 169 Å². The van der Waals surface area contributed by atoms with Crippen LogP contribution in [0.4, 0.5) is 4.79 Å². The van der Waals surface area contributed by atoms with Crippen molar-refractivity contribution in [3.05, 3.63) is 40.7 Å². The van der Waals surface area contributed by atoms with Crippen molar-refractivity contribution in [3.63, 3.8) is 0 Å². The summed E-state index contributed by atoms with van der Waals surface area (Å²) in [6.07, 6.45) is 0.335. The summed E-state index contributed by atoms with van der Waals surface area (Å²) in [5.41, 5.74) is 0.420. The Morgan fingerprint density at radius 2 is 2.04 bits per heavy atom. The minimum Gasteiger partial charge on any atom is -0.444 e. The van der Waals surface area contributed by atoms with Crippen LogP contribution in [-0.4, -0.2) is 21.9 Å². The molecule has 27 heavy (non-hydrogen) atoms. The van der Waals surface area contributed by atoms with Gasteiger partial charge in [0, 0.05) is 10.8 Å². The Hall–Kier alpha value is -1.73. The number of amides is 1. The molecular formula is C19H26ClN3O3S. The molecule has 0 saturated carbocycles. The van der Waals surface area contributed by atoms with Crippen LogP contribution in [0.3, 0.4) is 0 Å². The second kappa shape index (κ2) is 9.46. The smallest absolute Gasteiger partial charge is 0.408 e. The van der Waals surface area contributed by atoms with Gasteiger partial charge >= 0.3 is 6.09 Å². The minimum absolute atomic E-state index is 0.111. The van der Waals surface area contributed by atoms with Crippen molar-refractivity contribution in [2.75, 3.05) is 0 Å². The molecule has 1 aromatic heterocycles. The highest BCUT2D eigenvalue weighted by Gasteiger charge is 2.28. The molecule has 6 nitrogen and oxygen atoms in total. The Bertz CT molecular complexity index is 761. The number of rotatable bonds is 7. The Balaban J connectivity index is 2.06. The van der Waals surface area contributed by atoms with Gasteiger partial charge in [0.15, 0.2) is 0 Å². The van der Waals surface area contributed by atoms with E-state index in [0.29, 0.717) is 21.9 Å². The van der Waals surface area contributed by atoms with Crippen LogP contribution in [0.2, 0.25) is 5.02 Å².